The largest absolute Gasteiger partial charge is 0.444 e. The van der Waals surface area contributed by atoms with Crippen LogP contribution in [0.3, 0.4) is 0 Å². The first-order chi connectivity index (χ1) is 9.74. The van der Waals surface area contributed by atoms with Crippen molar-refractivity contribution in [2.75, 3.05) is 18.8 Å². The standard InChI is InChI=1S/C14H17ClN4O2/c1-14(2,3)21-13(20)19-7-9(8-19)4-5-11-10(16)6-12(15)18-17-11/h6,9H,7-8H2,1-3H3,(H2,16,18). The van der Waals surface area contributed by atoms with Gasteiger partial charge < -0.3 is 15.4 Å². The van der Waals surface area contributed by atoms with Crippen LogP contribution in [0.5, 0.6) is 0 Å². The molecule has 0 aliphatic carbocycles. The van der Waals surface area contributed by atoms with Gasteiger partial charge in [-0.05, 0) is 26.7 Å². The van der Waals surface area contributed by atoms with Crippen molar-refractivity contribution in [3.63, 3.8) is 0 Å². The Morgan fingerprint density at radius 3 is 2.71 bits per heavy atom. The van der Waals surface area contributed by atoms with Crippen LogP contribution in [0, 0.1) is 17.8 Å². The van der Waals surface area contributed by atoms with Gasteiger partial charge in [0.25, 0.3) is 0 Å². The van der Waals surface area contributed by atoms with Crippen LogP contribution in [-0.2, 0) is 4.74 Å². The number of likely N-dealkylation sites (tertiary alicyclic amines) is 1. The normalized spacial score (nSPS) is 15.0. The van der Waals surface area contributed by atoms with Crippen molar-refractivity contribution >= 4 is 23.4 Å². The summed E-state index contributed by atoms with van der Waals surface area (Å²) in [5.74, 6) is 5.97. The van der Waals surface area contributed by atoms with Gasteiger partial charge in [0, 0.05) is 19.2 Å². The molecule has 112 valence electrons. The average Bonchev–Trinajstić information content (AvgIpc) is 2.27. The molecular weight excluding hydrogens is 292 g/mol. The predicted molar refractivity (Wildman–Crippen MR) is 79.6 cm³/mol. The number of ether oxygens (including phenoxy) is 1. The highest BCUT2D eigenvalue weighted by Gasteiger charge is 2.32. The molecule has 0 aromatic carbocycles. The second-order valence-corrected chi connectivity index (χ2v) is 6.21. The zero-order valence-corrected chi connectivity index (χ0v) is 12.9. The molecule has 7 heteroatoms. The van der Waals surface area contributed by atoms with Crippen LogP contribution >= 0.6 is 11.6 Å². The van der Waals surface area contributed by atoms with E-state index >= 15 is 0 Å². The van der Waals surface area contributed by atoms with Crippen molar-refractivity contribution in [2.45, 2.75) is 26.4 Å². The second kappa shape index (κ2) is 5.78. The van der Waals surface area contributed by atoms with Crippen LogP contribution in [0.25, 0.3) is 0 Å². The first-order valence-electron chi connectivity index (χ1n) is 6.53. The summed E-state index contributed by atoms with van der Waals surface area (Å²) in [7, 11) is 0. The van der Waals surface area contributed by atoms with E-state index in [-0.39, 0.29) is 17.2 Å². The number of nitrogen functional groups attached to an aromatic ring is 1. The van der Waals surface area contributed by atoms with E-state index in [4.69, 9.17) is 22.1 Å². The molecule has 1 aliphatic heterocycles. The van der Waals surface area contributed by atoms with Gasteiger partial charge >= 0.3 is 6.09 Å². The summed E-state index contributed by atoms with van der Waals surface area (Å²) in [6, 6.07) is 1.51. The number of amides is 1. The van der Waals surface area contributed by atoms with Crippen molar-refractivity contribution in [2.24, 2.45) is 5.92 Å². The maximum absolute atomic E-state index is 11.8. The fourth-order valence-corrected chi connectivity index (χ4v) is 1.85. The molecule has 1 saturated heterocycles. The Hall–Kier alpha value is -2.00. The van der Waals surface area contributed by atoms with Gasteiger partial charge in [-0.3, -0.25) is 0 Å². The van der Waals surface area contributed by atoms with E-state index in [0.717, 1.165) is 0 Å². The monoisotopic (exact) mass is 308 g/mol. The number of halogens is 1. The zero-order valence-electron chi connectivity index (χ0n) is 12.2. The van der Waals surface area contributed by atoms with Crippen molar-refractivity contribution < 1.29 is 9.53 Å². The molecule has 2 heterocycles. The number of anilines is 1. The first-order valence-corrected chi connectivity index (χ1v) is 6.90. The van der Waals surface area contributed by atoms with E-state index in [1.54, 1.807) is 4.90 Å². The Bertz CT molecular complexity index is 610. The molecule has 2 rings (SSSR count). The minimum Gasteiger partial charge on any atom is -0.444 e. The molecule has 1 fully saturated rings. The highest BCUT2D eigenvalue weighted by molar-refractivity contribution is 6.29. The number of hydrogen-bond acceptors (Lipinski definition) is 5. The molecule has 6 nitrogen and oxygen atoms in total. The Balaban J connectivity index is 1.89. The maximum Gasteiger partial charge on any atom is 0.410 e. The highest BCUT2D eigenvalue weighted by Crippen LogP contribution is 2.19. The van der Waals surface area contributed by atoms with Crippen LogP contribution in [-0.4, -0.2) is 39.9 Å². The summed E-state index contributed by atoms with van der Waals surface area (Å²) in [5, 5.41) is 7.75. The lowest BCUT2D eigenvalue weighted by molar-refractivity contribution is 0.00592. The third-order valence-corrected chi connectivity index (χ3v) is 2.91. The zero-order chi connectivity index (χ0) is 15.6. The van der Waals surface area contributed by atoms with Gasteiger partial charge in [-0.2, -0.15) is 0 Å². The Morgan fingerprint density at radius 2 is 2.14 bits per heavy atom. The van der Waals surface area contributed by atoms with Crippen molar-refractivity contribution in [1.29, 1.82) is 0 Å². The molecule has 0 unspecified atom stereocenters. The van der Waals surface area contributed by atoms with Crippen LogP contribution < -0.4 is 5.73 Å². The van der Waals surface area contributed by atoms with Crippen molar-refractivity contribution in [1.82, 2.24) is 15.1 Å². The van der Waals surface area contributed by atoms with E-state index in [0.29, 0.717) is 24.5 Å². The minimum atomic E-state index is -0.485. The van der Waals surface area contributed by atoms with Gasteiger partial charge in [0.2, 0.25) is 0 Å². The molecule has 0 radical (unpaired) electrons. The van der Waals surface area contributed by atoms with Gasteiger partial charge in [-0.1, -0.05) is 17.5 Å². The van der Waals surface area contributed by atoms with Crippen LogP contribution in [0.1, 0.15) is 26.5 Å². The minimum absolute atomic E-state index is 0.0920. The average molecular weight is 309 g/mol. The number of rotatable bonds is 0. The summed E-state index contributed by atoms with van der Waals surface area (Å²) in [4.78, 5) is 13.4. The topological polar surface area (TPSA) is 81.3 Å². The van der Waals surface area contributed by atoms with Crippen LogP contribution in [0.2, 0.25) is 5.15 Å². The first kappa shape index (κ1) is 15.4. The molecule has 0 saturated carbocycles. The predicted octanol–water partition coefficient (Wildman–Crippen LogP) is 1.93. The van der Waals surface area contributed by atoms with E-state index in [1.165, 1.54) is 6.07 Å². The molecule has 1 aliphatic rings. The Kier molecular flexibility index (Phi) is 4.24. The van der Waals surface area contributed by atoms with Gasteiger partial charge in [-0.15, -0.1) is 10.2 Å². The fraction of sp³-hybridized carbons (Fsp3) is 0.500. The number of carbonyl (C=O) groups excluding carboxylic acids is 1. The summed E-state index contributed by atoms with van der Waals surface area (Å²) < 4.78 is 5.27. The van der Waals surface area contributed by atoms with E-state index < -0.39 is 5.60 Å². The third kappa shape index (κ3) is 4.23. The lowest BCUT2D eigenvalue weighted by atomic mass is 10.0. The highest BCUT2D eigenvalue weighted by atomic mass is 35.5. The summed E-state index contributed by atoms with van der Waals surface area (Å²) in [6.07, 6.45) is -0.314. The molecule has 1 amide bonds. The smallest absolute Gasteiger partial charge is 0.410 e. The van der Waals surface area contributed by atoms with Gasteiger partial charge in [0.15, 0.2) is 10.8 Å². The lowest BCUT2D eigenvalue weighted by Crippen LogP contribution is -2.51. The van der Waals surface area contributed by atoms with Crippen LogP contribution in [0.15, 0.2) is 6.07 Å². The molecule has 0 bridgehead atoms. The number of nitrogens with two attached hydrogens (primary N) is 1. The molecular formula is C14H17ClN4O2. The SMILES string of the molecule is CC(C)(C)OC(=O)N1CC(C#Cc2nnc(Cl)cc2N)C1. The molecule has 1 aromatic rings. The maximum atomic E-state index is 11.8. The van der Waals surface area contributed by atoms with E-state index in [9.17, 15) is 4.79 Å². The number of nitrogens with zero attached hydrogens (tertiary/aromatic N) is 3. The summed E-state index contributed by atoms with van der Waals surface area (Å²) >= 11 is 5.66. The number of carbonyl (C=O) groups is 1. The molecule has 2 N–H and O–H groups in total. The molecule has 0 atom stereocenters. The Morgan fingerprint density at radius 1 is 1.48 bits per heavy atom. The van der Waals surface area contributed by atoms with E-state index in [2.05, 4.69) is 22.0 Å². The molecule has 21 heavy (non-hydrogen) atoms. The van der Waals surface area contributed by atoms with Crippen molar-refractivity contribution in [3.8, 4) is 11.8 Å². The number of hydrogen-bond donors (Lipinski definition) is 1. The van der Waals surface area contributed by atoms with Crippen molar-refractivity contribution in [3.05, 3.63) is 16.9 Å². The third-order valence-electron chi connectivity index (χ3n) is 2.72. The number of aromatic nitrogens is 2. The molecule has 1 aromatic heterocycles. The summed E-state index contributed by atoms with van der Waals surface area (Å²) in [5.41, 5.74) is 6.05. The quantitative estimate of drug-likeness (QED) is 0.741. The lowest BCUT2D eigenvalue weighted by Gasteiger charge is -2.37. The fourth-order valence-electron chi connectivity index (χ4n) is 1.69. The van der Waals surface area contributed by atoms with Crippen LogP contribution in [0.4, 0.5) is 10.5 Å². The van der Waals surface area contributed by atoms with Gasteiger partial charge in [-0.25, -0.2) is 4.79 Å². The van der Waals surface area contributed by atoms with Gasteiger partial charge in [0.1, 0.15) is 5.60 Å². The van der Waals surface area contributed by atoms with Gasteiger partial charge in [0.05, 0.1) is 11.6 Å². The summed E-state index contributed by atoms with van der Waals surface area (Å²) in [6.45, 7) is 6.60. The Labute approximate surface area is 128 Å². The second-order valence-electron chi connectivity index (χ2n) is 5.82. The molecule has 0 spiro atoms. The van der Waals surface area contributed by atoms with E-state index in [1.807, 2.05) is 20.8 Å².